The smallest absolute Gasteiger partial charge is 0.322 e. The van der Waals surface area contributed by atoms with E-state index in [1.54, 1.807) is 12.1 Å². The minimum atomic E-state index is -3.93. The van der Waals surface area contributed by atoms with Crippen molar-refractivity contribution >= 4 is 16.0 Å². The van der Waals surface area contributed by atoms with E-state index in [1.165, 1.54) is 24.4 Å². The normalized spacial score (nSPS) is 13.0. The van der Waals surface area contributed by atoms with Crippen LogP contribution >= 0.6 is 0 Å². The van der Waals surface area contributed by atoms with Crippen LogP contribution in [-0.2, 0) is 27.7 Å². The van der Waals surface area contributed by atoms with Crippen molar-refractivity contribution in [3.8, 4) is 0 Å². The molecule has 1 aromatic carbocycles. The third kappa shape index (κ3) is 3.92. The quantitative estimate of drug-likeness (QED) is 0.792. The molecule has 1 aromatic heterocycles. The molecule has 0 bridgehead atoms. The number of nitrogens with zero attached hydrogens (tertiary/aromatic N) is 1. The van der Waals surface area contributed by atoms with Crippen molar-refractivity contribution in [1.82, 2.24) is 9.88 Å². The van der Waals surface area contributed by atoms with Crippen LogP contribution < -0.4 is 4.72 Å². The maximum atomic E-state index is 12.3. The lowest BCUT2D eigenvalue weighted by Gasteiger charge is -2.13. The average Bonchev–Trinajstić information content (AvgIpc) is 2.99. The fraction of sp³-hybridized carbons (Fsp3) is 0.286. The van der Waals surface area contributed by atoms with Gasteiger partial charge in [0, 0.05) is 12.5 Å². The lowest BCUT2D eigenvalue weighted by molar-refractivity contribution is -0.139. The number of nitrogens with one attached hydrogen (secondary N) is 1. The Balaban J connectivity index is 2.18. The van der Waals surface area contributed by atoms with Gasteiger partial charge < -0.3 is 9.63 Å². The van der Waals surface area contributed by atoms with Crippen LogP contribution in [0.1, 0.15) is 18.2 Å². The van der Waals surface area contributed by atoms with Crippen molar-refractivity contribution < 1.29 is 22.8 Å². The highest BCUT2D eigenvalue weighted by molar-refractivity contribution is 7.89. The fourth-order valence-electron chi connectivity index (χ4n) is 1.89. The molecule has 22 heavy (non-hydrogen) atoms. The Bertz CT molecular complexity index is 723. The van der Waals surface area contributed by atoms with E-state index >= 15 is 0 Å². The van der Waals surface area contributed by atoms with E-state index < -0.39 is 22.0 Å². The monoisotopic (exact) mass is 324 g/mol. The molecule has 0 amide bonds. The van der Waals surface area contributed by atoms with Crippen LogP contribution in [0, 0.1) is 0 Å². The van der Waals surface area contributed by atoms with Gasteiger partial charge in [-0.15, -0.1) is 0 Å². The minimum absolute atomic E-state index is 0.0218. The summed E-state index contributed by atoms with van der Waals surface area (Å²) in [7, 11) is -3.93. The molecular weight excluding hydrogens is 308 g/mol. The summed E-state index contributed by atoms with van der Waals surface area (Å²) in [6.45, 7) is 1.96. The zero-order chi connectivity index (χ0) is 16.2. The van der Waals surface area contributed by atoms with Crippen LogP contribution in [-0.4, -0.2) is 30.7 Å². The zero-order valence-corrected chi connectivity index (χ0v) is 12.7. The first-order valence-electron chi connectivity index (χ1n) is 6.66. The molecule has 0 aliphatic rings. The SMILES string of the molecule is CCc1ccc(S(=O)(=O)NC(Cc2ccno2)C(=O)O)cc1. The molecule has 2 N–H and O–H groups in total. The Morgan fingerprint density at radius 2 is 2.00 bits per heavy atom. The van der Waals surface area contributed by atoms with Gasteiger partial charge in [0.05, 0.1) is 11.1 Å². The second-order valence-electron chi connectivity index (χ2n) is 4.69. The van der Waals surface area contributed by atoms with E-state index in [0.717, 1.165) is 12.0 Å². The van der Waals surface area contributed by atoms with Crippen molar-refractivity contribution in [1.29, 1.82) is 0 Å². The topological polar surface area (TPSA) is 110 Å². The molecule has 0 fully saturated rings. The Hall–Kier alpha value is -2.19. The third-order valence-corrected chi connectivity index (χ3v) is 4.62. The molecule has 2 aromatic rings. The van der Waals surface area contributed by atoms with Crippen molar-refractivity contribution in [2.45, 2.75) is 30.7 Å². The van der Waals surface area contributed by atoms with Gasteiger partial charge in [-0.3, -0.25) is 4.79 Å². The van der Waals surface area contributed by atoms with Gasteiger partial charge in [-0.2, -0.15) is 4.72 Å². The number of rotatable bonds is 7. The van der Waals surface area contributed by atoms with Crippen molar-refractivity contribution in [3.63, 3.8) is 0 Å². The number of aryl methyl sites for hydroxylation is 1. The van der Waals surface area contributed by atoms with E-state index in [-0.39, 0.29) is 17.1 Å². The predicted octanol–water partition coefficient (Wildman–Crippen LogP) is 1.21. The molecule has 0 aliphatic carbocycles. The van der Waals surface area contributed by atoms with E-state index in [0.29, 0.717) is 0 Å². The largest absolute Gasteiger partial charge is 0.480 e. The van der Waals surface area contributed by atoms with Crippen LogP contribution in [0.25, 0.3) is 0 Å². The lowest BCUT2D eigenvalue weighted by atomic mass is 10.2. The average molecular weight is 324 g/mol. The summed E-state index contributed by atoms with van der Waals surface area (Å²) in [6, 6.07) is 6.45. The number of carbonyl (C=O) groups is 1. The number of aliphatic carboxylic acids is 1. The van der Waals surface area contributed by atoms with Gasteiger partial charge in [-0.25, -0.2) is 8.42 Å². The van der Waals surface area contributed by atoms with Crippen LogP contribution in [0.2, 0.25) is 0 Å². The molecule has 0 aliphatic heterocycles. The molecule has 118 valence electrons. The number of aromatic nitrogens is 1. The zero-order valence-electron chi connectivity index (χ0n) is 11.9. The summed E-state index contributed by atoms with van der Waals surface area (Å²) >= 11 is 0. The van der Waals surface area contributed by atoms with E-state index in [4.69, 9.17) is 4.52 Å². The van der Waals surface area contributed by atoms with Gasteiger partial charge in [-0.1, -0.05) is 24.2 Å². The molecule has 1 heterocycles. The van der Waals surface area contributed by atoms with Crippen molar-refractivity contribution in [2.75, 3.05) is 0 Å². The molecule has 0 spiro atoms. The van der Waals surface area contributed by atoms with Crippen LogP contribution in [0.15, 0.2) is 45.9 Å². The van der Waals surface area contributed by atoms with Gasteiger partial charge >= 0.3 is 5.97 Å². The van der Waals surface area contributed by atoms with Gasteiger partial charge in [-0.05, 0) is 24.1 Å². The van der Waals surface area contributed by atoms with E-state index in [2.05, 4.69) is 9.88 Å². The number of carboxylic acid groups (broad SMARTS) is 1. The minimum Gasteiger partial charge on any atom is -0.480 e. The van der Waals surface area contributed by atoms with Crippen LogP contribution in [0.5, 0.6) is 0 Å². The van der Waals surface area contributed by atoms with Crippen LogP contribution in [0.4, 0.5) is 0 Å². The summed E-state index contributed by atoms with van der Waals surface area (Å²) in [4.78, 5) is 11.3. The summed E-state index contributed by atoms with van der Waals surface area (Å²) in [6.07, 6.45) is 2.03. The van der Waals surface area contributed by atoms with Crippen molar-refractivity contribution in [3.05, 3.63) is 47.9 Å². The standard InChI is InChI=1S/C14H16N2O5S/c1-2-10-3-5-12(6-4-10)22(19,20)16-13(14(17)18)9-11-7-8-15-21-11/h3-8,13,16H,2,9H2,1H3,(H,17,18). The summed E-state index contributed by atoms with van der Waals surface area (Å²) in [5, 5.41) is 12.6. The second kappa shape index (κ2) is 6.71. The molecule has 7 nitrogen and oxygen atoms in total. The number of hydrogen-bond donors (Lipinski definition) is 2. The molecular formula is C14H16N2O5S. The predicted molar refractivity (Wildman–Crippen MR) is 77.8 cm³/mol. The number of sulfonamides is 1. The van der Waals surface area contributed by atoms with Crippen LogP contribution in [0.3, 0.4) is 0 Å². The third-order valence-electron chi connectivity index (χ3n) is 3.13. The highest BCUT2D eigenvalue weighted by Crippen LogP contribution is 2.13. The highest BCUT2D eigenvalue weighted by atomic mass is 32.2. The van der Waals surface area contributed by atoms with E-state index in [1.807, 2.05) is 6.92 Å². The fourth-order valence-corrected chi connectivity index (χ4v) is 3.08. The summed E-state index contributed by atoms with van der Waals surface area (Å²) < 4.78 is 31.5. The molecule has 2 rings (SSSR count). The number of carboxylic acids is 1. The molecule has 0 radical (unpaired) electrons. The van der Waals surface area contributed by atoms with E-state index in [9.17, 15) is 18.3 Å². The first kappa shape index (κ1) is 16.2. The molecule has 8 heteroatoms. The molecule has 1 atom stereocenters. The summed E-state index contributed by atoms with van der Waals surface area (Å²) in [5.74, 6) is -0.999. The molecule has 0 saturated heterocycles. The summed E-state index contributed by atoms with van der Waals surface area (Å²) in [5.41, 5.74) is 0.996. The first-order chi connectivity index (χ1) is 10.4. The second-order valence-corrected chi connectivity index (χ2v) is 6.41. The Morgan fingerprint density at radius 3 is 2.50 bits per heavy atom. The Labute approximate surface area is 128 Å². The number of benzene rings is 1. The van der Waals surface area contributed by atoms with Gasteiger partial charge in [0.15, 0.2) is 0 Å². The van der Waals surface area contributed by atoms with Gasteiger partial charge in [0.2, 0.25) is 10.0 Å². The maximum Gasteiger partial charge on any atom is 0.322 e. The lowest BCUT2D eigenvalue weighted by Crippen LogP contribution is -2.42. The van der Waals surface area contributed by atoms with Gasteiger partial charge in [0.25, 0.3) is 0 Å². The first-order valence-corrected chi connectivity index (χ1v) is 8.14. The Kier molecular flexibility index (Phi) is 4.94. The van der Waals surface area contributed by atoms with Crippen molar-refractivity contribution in [2.24, 2.45) is 0 Å². The molecule has 1 unspecified atom stereocenters. The highest BCUT2D eigenvalue weighted by Gasteiger charge is 2.26. The Morgan fingerprint density at radius 1 is 1.32 bits per heavy atom. The van der Waals surface area contributed by atoms with Gasteiger partial charge in [0.1, 0.15) is 11.8 Å². The maximum absolute atomic E-state index is 12.3. The number of hydrogen-bond acceptors (Lipinski definition) is 5. The molecule has 0 saturated carbocycles.